The number of carbonyl (C=O) groups excluding carboxylic acids is 1. The lowest BCUT2D eigenvalue weighted by Crippen LogP contribution is -2.48. The molecule has 154 valence electrons. The van der Waals surface area contributed by atoms with Crippen LogP contribution in [0, 0.1) is 13.8 Å². The molecule has 0 saturated heterocycles. The summed E-state index contributed by atoms with van der Waals surface area (Å²) in [5, 5.41) is 14.0. The fourth-order valence-electron chi connectivity index (χ4n) is 4.21. The Hall–Kier alpha value is -2.15. The molecular weight excluding hydrogens is 368 g/mol. The summed E-state index contributed by atoms with van der Waals surface area (Å²) >= 11 is 0. The summed E-state index contributed by atoms with van der Waals surface area (Å²) in [6, 6.07) is 3.24. The van der Waals surface area contributed by atoms with Crippen molar-refractivity contribution in [1.29, 1.82) is 0 Å². The molecule has 1 aromatic rings. The third-order valence-corrected chi connectivity index (χ3v) is 5.64. The van der Waals surface area contributed by atoms with Gasteiger partial charge in [0.2, 0.25) is 0 Å². The van der Waals surface area contributed by atoms with Crippen LogP contribution in [0.1, 0.15) is 49.3 Å². The summed E-state index contributed by atoms with van der Waals surface area (Å²) in [6.45, 7) is 3.63. The van der Waals surface area contributed by atoms with E-state index in [0.717, 1.165) is 19.8 Å². The SMILES string of the molecule is COC1CCC2(CC1)NC(=O)C(c1c(C)cc(OCC(C)(F)F)cc1C)=C2O. The third-order valence-electron chi connectivity index (χ3n) is 5.64. The highest BCUT2D eigenvalue weighted by atomic mass is 19.3. The second-order valence-corrected chi connectivity index (χ2v) is 7.99. The van der Waals surface area contributed by atoms with Crippen molar-refractivity contribution in [3.63, 3.8) is 0 Å². The van der Waals surface area contributed by atoms with Gasteiger partial charge in [-0.3, -0.25) is 4.79 Å². The van der Waals surface area contributed by atoms with E-state index in [0.29, 0.717) is 35.3 Å². The van der Waals surface area contributed by atoms with E-state index in [-0.39, 0.29) is 23.3 Å². The van der Waals surface area contributed by atoms with Crippen molar-refractivity contribution in [2.45, 2.75) is 64.0 Å². The van der Waals surface area contributed by atoms with Crippen LogP contribution in [0.2, 0.25) is 0 Å². The molecular formula is C21H27F2NO4. The number of aliphatic hydroxyl groups excluding tert-OH is 1. The van der Waals surface area contributed by atoms with Gasteiger partial charge >= 0.3 is 0 Å². The minimum absolute atomic E-state index is 0.0620. The summed E-state index contributed by atoms with van der Waals surface area (Å²) in [6.07, 6.45) is 2.86. The predicted octanol–water partition coefficient (Wildman–Crippen LogP) is 4.06. The fraction of sp³-hybridized carbons (Fsp3) is 0.571. The average Bonchev–Trinajstić information content (AvgIpc) is 2.84. The van der Waals surface area contributed by atoms with Crippen LogP contribution in [0.3, 0.4) is 0 Å². The van der Waals surface area contributed by atoms with Gasteiger partial charge in [-0.2, -0.15) is 0 Å². The molecule has 0 aromatic heterocycles. The number of nitrogens with one attached hydrogen (secondary N) is 1. The third kappa shape index (κ3) is 3.85. The largest absolute Gasteiger partial charge is 0.509 e. The van der Waals surface area contributed by atoms with Crippen LogP contribution in [0.15, 0.2) is 17.9 Å². The molecule has 1 amide bonds. The molecule has 1 spiro atoms. The highest BCUT2D eigenvalue weighted by Gasteiger charge is 2.48. The monoisotopic (exact) mass is 395 g/mol. The first-order valence-electron chi connectivity index (χ1n) is 9.47. The molecule has 1 fully saturated rings. The number of carbonyl (C=O) groups is 1. The Balaban J connectivity index is 1.93. The number of halogens is 2. The maximum atomic E-state index is 13.1. The fourth-order valence-corrected chi connectivity index (χ4v) is 4.21. The molecule has 1 aliphatic heterocycles. The predicted molar refractivity (Wildman–Crippen MR) is 102 cm³/mol. The summed E-state index contributed by atoms with van der Waals surface area (Å²) < 4.78 is 36.7. The Bertz CT molecular complexity index is 782. The van der Waals surface area contributed by atoms with E-state index < -0.39 is 18.1 Å². The Labute approximate surface area is 163 Å². The highest BCUT2D eigenvalue weighted by molar-refractivity contribution is 6.24. The normalized spacial score (nSPS) is 25.4. The molecule has 3 rings (SSSR count). The van der Waals surface area contributed by atoms with Gasteiger partial charge in [-0.05, 0) is 68.4 Å². The van der Waals surface area contributed by atoms with Crippen LogP contribution in [-0.4, -0.2) is 42.3 Å². The average molecular weight is 395 g/mol. The van der Waals surface area contributed by atoms with Gasteiger partial charge in [0.25, 0.3) is 11.8 Å². The van der Waals surface area contributed by atoms with Gasteiger partial charge < -0.3 is 19.9 Å². The summed E-state index contributed by atoms with van der Waals surface area (Å²) in [5.74, 6) is -2.87. The van der Waals surface area contributed by atoms with Crippen molar-refractivity contribution >= 4 is 11.5 Å². The molecule has 7 heteroatoms. The van der Waals surface area contributed by atoms with Crippen LogP contribution in [0.25, 0.3) is 5.57 Å². The Morgan fingerprint density at radius 3 is 2.32 bits per heavy atom. The molecule has 2 N–H and O–H groups in total. The van der Waals surface area contributed by atoms with E-state index in [1.54, 1.807) is 33.1 Å². The van der Waals surface area contributed by atoms with Crippen LogP contribution in [-0.2, 0) is 9.53 Å². The van der Waals surface area contributed by atoms with Crippen molar-refractivity contribution in [2.24, 2.45) is 0 Å². The highest BCUT2D eigenvalue weighted by Crippen LogP contribution is 2.43. The molecule has 2 aliphatic rings. The zero-order valence-corrected chi connectivity index (χ0v) is 16.7. The number of methoxy groups -OCH3 is 1. The lowest BCUT2D eigenvalue weighted by Gasteiger charge is -2.36. The first-order valence-corrected chi connectivity index (χ1v) is 9.47. The van der Waals surface area contributed by atoms with Crippen molar-refractivity contribution in [3.8, 4) is 5.75 Å². The van der Waals surface area contributed by atoms with E-state index in [2.05, 4.69) is 5.32 Å². The molecule has 1 aliphatic carbocycles. The zero-order chi connectivity index (χ0) is 20.7. The maximum Gasteiger partial charge on any atom is 0.278 e. The van der Waals surface area contributed by atoms with Gasteiger partial charge in [0.1, 0.15) is 11.5 Å². The number of benzene rings is 1. The molecule has 0 unspecified atom stereocenters. The van der Waals surface area contributed by atoms with Gasteiger partial charge in [0.15, 0.2) is 6.61 Å². The van der Waals surface area contributed by atoms with Gasteiger partial charge in [0.05, 0.1) is 17.2 Å². The molecule has 0 bridgehead atoms. The number of aliphatic hydroxyl groups is 1. The zero-order valence-electron chi connectivity index (χ0n) is 16.7. The minimum Gasteiger partial charge on any atom is -0.509 e. The number of amides is 1. The van der Waals surface area contributed by atoms with E-state index in [9.17, 15) is 18.7 Å². The second-order valence-electron chi connectivity index (χ2n) is 7.99. The molecule has 1 heterocycles. The van der Waals surface area contributed by atoms with Crippen LogP contribution in [0.4, 0.5) is 8.78 Å². The van der Waals surface area contributed by atoms with Crippen molar-refractivity contribution in [3.05, 3.63) is 34.6 Å². The Morgan fingerprint density at radius 1 is 1.25 bits per heavy atom. The number of rotatable bonds is 5. The minimum atomic E-state index is -2.93. The smallest absolute Gasteiger partial charge is 0.278 e. The second kappa shape index (κ2) is 7.35. The molecule has 0 atom stereocenters. The molecule has 28 heavy (non-hydrogen) atoms. The van der Waals surface area contributed by atoms with Gasteiger partial charge in [0, 0.05) is 14.0 Å². The molecule has 0 radical (unpaired) electrons. The van der Waals surface area contributed by atoms with Crippen molar-refractivity contribution in [1.82, 2.24) is 5.32 Å². The number of hydrogen-bond acceptors (Lipinski definition) is 4. The van der Waals surface area contributed by atoms with E-state index in [1.165, 1.54) is 0 Å². The Kier molecular flexibility index (Phi) is 5.40. The first-order chi connectivity index (χ1) is 13.1. The van der Waals surface area contributed by atoms with E-state index in [1.807, 2.05) is 0 Å². The first kappa shape index (κ1) is 20.6. The summed E-state index contributed by atoms with van der Waals surface area (Å²) in [7, 11) is 1.67. The maximum absolute atomic E-state index is 13.1. The van der Waals surface area contributed by atoms with Crippen LogP contribution < -0.4 is 10.1 Å². The summed E-state index contributed by atoms with van der Waals surface area (Å²) in [4.78, 5) is 12.8. The van der Waals surface area contributed by atoms with E-state index in [4.69, 9.17) is 9.47 Å². The Morgan fingerprint density at radius 2 is 1.82 bits per heavy atom. The molecule has 5 nitrogen and oxygen atoms in total. The molecule has 1 saturated carbocycles. The van der Waals surface area contributed by atoms with Gasteiger partial charge in [-0.1, -0.05) is 0 Å². The van der Waals surface area contributed by atoms with E-state index >= 15 is 0 Å². The number of hydrogen-bond donors (Lipinski definition) is 2. The van der Waals surface area contributed by atoms with Crippen molar-refractivity contribution < 1.29 is 28.2 Å². The van der Waals surface area contributed by atoms with Crippen LogP contribution >= 0.6 is 0 Å². The number of ether oxygens (including phenoxy) is 2. The lowest BCUT2D eigenvalue weighted by molar-refractivity contribution is -0.116. The van der Waals surface area contributed by atoms with Gasteiger partial charge in [-0.25, -0.2) is 8.78 Å². The van der Waals surface area contributed by atoms with Crippen molar-refractivity contribution in [2.75, 3.05) is 13.7 Å². The van der Waals surface area contributed by atoms with Gasteiger partial charge in [-0.15, -0.1) is 0 Å². The number of aryl methyl sites for hydroxylation is 2. The topological polar surface area (TPSA) is 67.8 Å². The lowest BCUT2D eigenvalue weighted by atomic mass is 9.79. The standard InChI is InChI=1S/C21H27F2NO4/c1-12-9-15(28-11-20(3,22)23)10-13(2)16(12)17-18(25)21(24-19(17)26)7-5-14(27-4)6-8-21/h9-10,14,25H,5-8,11H2,1-4H3,(H,24,26). The quantitative estimate of drug-likeness (QED) is 0.789. The van der Waals surface area contributed by atoms with Crippen LogP contribution in [0.5, 0.6) is 5.75 Å². The number of alkyl halides is 2. The summed E-state index contributed by atoms with van der Waals surface area (Å²) in [5.41, 5.74) is 1.51. The molecule has 1 aromatic carbocycles.